The predicted octanol–water partition coefficient (Wildman–Crippen LogP) is 2.64. The summed E-state index contributed by atoms with van der Waals surface area (Å²) < 4.78 is 16.1. The molecule has 1 aromatic heterocycles. The summed E-state index contributed by atoms with van der Waals surface area (Å²) in [5.41, 5.74) is 3.54. The molecule has 20 heavy (non-hydrogen) atoms. The van der Waals surface area contributed by atoms with Gasteiger partial charge in [0.05, 0.1) is 19.3 Å². The highest BCUT2D eigenvalue weighted by atomic mass is 35.5. The van der Waals surface area contributed by atoms with Crippen molar-refractivity contribution in [2.24, 2.45) is 5.84 Å². The molecule has 0 aliphatic rings. The van der Waals surface area contributed by atoms with Gasteiger partial charge in [0.25, 0.3) is 0 Å². The number of methoxy groups -OCH3 is 1. The average molecular weight is 299 g/mol. The Labute approximate surface area is 122 Å². The van der Waals surface area contributed by atoms with Crippen molar-refractivity contribution in [3.05, 3.63) is 35.0 Å². The van der Waals surface area contributed by atoms with E-state index in [4.69, 9.17) is 31.3 Å². The van der Waals surface area contributed by atoms with Crippen molar-refractivity contribution in [2.45, 2.75) is 12.5 Å². The molecular weight excluding hydrogens is 280 g/mol. The summed E-state index contributed by atoms with van der Waals surface area (Å²) in [7, 11) is 1.65. The van der Waals surface area contributed by atoms with Crippen LogP contribution in [0, 0.1) is 0 Å². The summed E-state index contributed by atoms with van der Waals surface area (Å²) in [6.07, 6.45) is 0.716. The van der Waals surface area contributed by atoms with Gasteiger partial charge in [-0.05, 0) is 30.7 Å². The van der Waals surface area contributed by atoms with Crippen LogP contribution in [0.5, 0.6) is 0 Å². The van der Waals surface area contributed by atoms with E-state index in [0.717, 1.165) is 16.7 Å². The minimum atomic E-state index is -0.0938. The molecular formula is C14H19ClN2O3. The number of nitrogens with one attached hydrogen (secondary N) is 1. The Morgan fingerprint density at radius 2 is 2.15 bits per heavy atom. The summed E-state index contributed by atoms with van der Waals surface area (Å²) >= 11 is 5.96. The normalized spacial score (nSPS) is 12.9. The Balaban J connectivity index is 1.98. The SMILES string of the molecule is COCCOCCC(NN)c1cc2cc(Cl)ccc2o1. The molecule has 0 radical (unpaired) electrons. The topological polar surface area (TPSA) is 69.7 Å². The van der Waals surface area contributed by atoms with Gasteiger partial charge >= 0.3 is 0 Å². The maximum atomic E-state index is 5.96. The third-order valence-electron chi connectivity index (χ3n) is 3.02. The van der Waals surface area contributed by atoms with Gasteiger partial charge in [0, 0.05) is 24.1 Å². The third kappa shape index (κ3) is 3.94. The number of furan rings is 1. The zero-order valence-corrected chi connectivity index (χ0v) is 12.2. The van der Waals surface area contributed by atoms with Crippen molar-refractivity contribution in [1.29, 1.82) is 0 Å². The molecule has 0 fully saturated rings. The molecule has 1 atom stereocenters. The molecule has 0 saturated heterocycles. The fourth-order valence-corrected chi connectivity index (χ4v) is 2.14. The number of hydrogen-bond donors (Lipinski definition) is 2. The lowest BCUT2D eigenvalue weighted by molar-refractivity contribution is 0.0649. The second kappa shape index (κ2) is 7.61. The average Bonchev–Trinajstić information content (AvgIpc) is 2.85. The molecule has 0 saturated carbocycles. The highest BCUT2D eigenvalue weighted by molar-refractivity contribution is 6.31. The van der Waals surface area contributed by atoms with Gasteiger partial charge in [0.1, 0.15) is 11.3 Å². The van der Waals surface area contributed by atoms with E-state index >= 15 is 0 Å². The van der Waals surface area contributed by atoms with Crippen LogP contribution in [0.25, 0.3) is 11.0 Å². The number of hydrogen-bond acceptors (Lipinski definition) is 5. The lowest BCUT2D eigenvalue weighted by atomic mass is 10.1. The molecule has 1 aromatic carbocycles. The molecule has 0 amide bonds. The molecule has 0 bridgehead atoms. The molecule has 1 heterocycles. The fraction of sp³-hybridized carbons (Fsp3) is 0.429. The summed E-state index contributed by atoms with van der Waals surface area (Å²) in [5.74, 6) is 6.36. The second-order valence-corrected chi connectivity index (χ2v) is 4.88. The minimum Gasteiger partial charge on any atom is -0.459 e. The fourth-order valence-electron chi connectivity index (χ4n) is 1.96. The number of ether oxygens (including phenoxy) is 2. The van der Waals surface area contributed by atoms with Crippen LogP contribution in [0.2, 0.25) is 5.02 Å². The lowest BCUT2D eigenvalue weighted by Crippen LogP contribution is -2.28. The van der Waals surface area contributed by atoms with Crippen LogP contribution >= 0.6 is 11.6 Å². The minimum absolute atomic E-state index is 0.0938. The van der Waals surface area contributed by atoms with Gasteiger partial charge in [0.2, 0.25) is 0 Å². The van der Waals surface area contributed by atoms with Crippen molar-refractivity contribution >= 4 is 22.6 Å². The van der Waals surface area contributed by atoms with Crippen molar-refractivity contribution in [3.8, 4) is 0 Å². The molecule has 110 valence electrons. The largest absolute Gasteiger partial charge is 0.459 e. The molecule has 2 rings (SSSR count). The standard InChI is InChI=1S/C14H19ClN2O3/c1-18-6-7-19-5-4-12(17-16)14-9-10-8-11(15)2-3-13(10)20-14/h2-3,8-9,12,17H,4-7,16H2,1H3. The van der Waals surface area contributed by atoms with Crippen LogP contribution in [0.1, 0.15) is 18.2 Å². The van der Waals surface area contributed by atoms with Gasteiger partial charge < -0.3 is 13.9 Å². The number of nitrogens with two attached hydrogens (primary N) is 1. The highest BCUT2D eigenvalue weighted by Crippen LogP contribution is 2.27. The molecule has 2 aromatic rings. The molecule has 6 heteroatoms. The van der Waals surface area contributed by atoms with Gasteiger partial charge in [-0.25, -0.2) is 5.43 Å². The molecule has 0 aliphatic carbocycles. The summed E-state index contributed by atoms with van der Waals surface area (Å²) in [5, 5.41) is 1.65. The first-order valence-electron chi connectivity index (χ1n) is 6.46. The quantitative estimate of drug-likeness (QED) is 0.445. The van der Waals surface area contributed by atoms with E-state index in [0.29, 0.717) is 31.3 Å². The van der Waals surface area contributed by atoms with Crippen LogP contribution in [0.15, 0.2) is 28.7 Å². The van der Waals surface area contributed by atoms with Crippen molar-refractivity contribution < 1.29 is 13.9 Å². The van der Waals surface area contributed by atoms with Crippen molar-refractivity contribution in [1.82, 2.24) is 5.43 Å². The number of rotatable bonds is 8. The molecule has 0 aliphatic heterocycles. The molecule has 0 spiro atoms. The van der Waals surface area contributed by atoms with Gasteiger partial charge in [-0.2, -0.15) is 0 Å². The summed E-state index contributed by atoms with van der Waals surface area (Å²) in [4.78, 5) is 0. The van der Waals surface area contributed by atoms with E-state index in [2.05, 4.69) is 5.43 Å². The zero-order valence-electron chi connectivity index (χ0n) is 11.4. The van der Waals surface area contributed by atoms with E-state index in [1.165, 1.54) is 0 Å². The third-order valence-corrected chi connectivity index (χ3v) is 3.26. The highest BCUT2D eigenvalue weighted by Gasteiger charge is 2.15. The van der Waals surface area contributed by atoms with Gasteiger partial charge in [-0.1, -0.05) is 11.6 Å². The van der Waals surface area contributed by atoms with Gasteiger partial charge in [0.15, 0.2) is 0 Å². The van der Waals surface area contributed by atoms with Crippen LogP contribution in [-0.4, -0.2) is 26.9 Å². The predicted molar refractivity (Wildman–Crippen MR) is 78.6 cm³/mol. The maximum Gasteiger partial charge on any atom is 0.134 e. The number of halogens is 1. The Hall–Kier alpha value is -1.11. The van der Waals surface area contributed by atoms with Crippen LogP contribution < -0.4 is 11.3 Å². The van der Waals surface area contributed by atoms with Crippen LogP contribution in [-0.2, 0) is 9.47 Å². The molecule has 3 N–H and O–H groups in total. The van der Waals surface area contributed by atoms with Gasteiger partial charge in [-0.15, -0.1) is 0 Å². The zero-order chi connectivity index (χ0) is 14.4. The van der Waals surface area contributed by atoms with Crippen molar-refractivity contribution in [3.63, 3.8) is 0 Å². The first kappa shape index (κ1) is 15.3. The summed E-state index contributed by atoms with van der Waals surface area (Å²) in [6.45, 7) is 1.74. The van der Waals surface area contributed by atoms with Gasteiger partial charge in [-0.3, -0.25) is 5.84 Å². The molecule has 5 nitrogen and oxygen atoms in total. The van der Waals surface area contributed by atoms with E-state index in [-0.39, 0.29) is 6.04 Å². The maximum absolute atomic E-state index is 5.96. The Morgan fingerprint density at radius 3 is 2.90 bits per heavy atom. The molecule has 1 unspecified atom stereocenters. The Kier molecular flexibility index (Phi) is 5.82. The lowest BCUT2D eigenvalue weighted by Gasteiger charge is -2.13. The number of hydrazine groups is 1. The summed E-state index contributed by atoms with van der Waals surface area (Å²) in [6, 6.07) is 7.37. The van der Waals surface area contributed by atoms with E-state index in [1.54, 1.807) is 13.2 Å². The second-order valence-electron chi connectivity index (χ2n) is 4.44. The first-order valence-corrected chi connectivity index (χ1v) is 6.84. The van der Waals surface area contributed by atoms with E-state index in [1.807, 2.05) is 18.2 Å². The smallest absolute Gasteiger partial charge is 0.134 e. The van der Waals surface area contributed by atoms with Crippen molar-refractivity contribution in [2.75, 3.05) is 26.9 Å². The van der Waals surface area contributed by atoms with Crippen LogP contribution in [0.3, 0.4) is 0 Å². The number of fused-ring (bicyclic) bond motifs is 1. The van der Waals surface area contributed by atoms with E-state index < -0.39 is 0 Å². The van der Waals surface area contributed by atoms with Crippen LogP contribution in [0.4, 0.5) is 0 Å². The Bertz CT molecular complexity index is 544. The Morgan fingerprint density at radius 1 is 1.30 bits per heavy atom. The van der Waals surface area contributed by atoms with E-state index in [9.17, 15) is 0 Å². The monoisotopic (exact) mass is 298 g/mol. The first-order chi connectivity index (χ1) is 9.74. The number of benzene rings is 1.